The van der Waals surface area contributed by atoms with Crippen molar-refractivity contribution in [3.05, 3.63) is 105 Å². The number of ether oxygens (including phenoxy) is 1. The summed E-state index contributed by atoms with van der Waals surface area (Å²) in [4.78, 5) is 40.5. The zero-order valence-corrected chi connectivity index (χ0v) is 28.9. The van der Waals surface area contributed by atoms with E-state index in [1.165, 1.54) is 7.11 Å². The van der Waals surface area contributed by atoms with Crippen LogP contribution < -0.4 is 10.6 Å². The van der Waals surface area contributed by atoms with Crippen molar-refractivity contribution in [2.75, 3.05) is 38.7 Å². The number of rotatable bonds is 12. The summed E-state index contributed by atoms with van der Waals surface area (Å²) >= 11 is 6.60. The Labute approximate surface area is 299 Å². The van der Waals surface area contributed by atoms with Crippen molar-refractivity contribution >= 4 is 52.4 Å². The van der Waals surface area contributed by atoms with Gasteiger partial charge in [0.15, 0.2) is 5.58 Å². The number of nitriles is 1. The maximum atomic E-state index is 13.1. The number of hydrogen-bond donors (Lipinski definition) is 3. The number of hydrogen-bond acceptors (Lipinski definition) is 11. The molecule has 1 aliphatic heterocycles. The lowest BCUT2D eigenvalue weighted by Crippen LogP contribution is -2.23. The predicted molar refractivity (Wildman–Crippen MR) is 193 cm³/mol. The normalized spacial score (nSPS) is 14.6. The lowest BCUT2D eigenvalue weighted by atomic mass is 9.94. The van der Waals surface area contributed by atoms with Crippen molar-refractivity contribution in [3.8, 4) is 17.2 Å². The molecular formula is C38H36ClN7O5. The average Bonchev–Trinajstić information content (AvgIpc) is 3.79. The summed E-state index contributed by atoms with van der Waals surface area (Å²) in [5.41, 5.74) is 6.64. The third-order valence-electron chi connectivity index (χ3n) is 8.75. The van der Waals surface area contributed by atoms with Crippen LogP contribution in [0, 0.1) is 24.2 Å². The van der Waals surface area contributed by atoms with E-state index in [0.717, 1.165) is 35.2 Å². The van der Waals surface area contributed by atoms with Gasteiger partial charge in [-0.1, -0.05) is 35.9 Å². The van der Waals surface area contributed by atoms with Crippen molar-refractivity contribution in [1.29, 1.82) is 5.26 Å². The number of nitrogens with one attached hydrogen (secondary N) is 2. The maximum absolute atomic E-state index is 13.1. The summed E-state index contributed by atoms with van der Waals surface area (Å²) in [5, 5.41) is 25.6. The Morgan fingerprint density at radius 3 is 2.80 bits per heavy atom. The minimum absolute atomic E-state index is 0.0422. The van der Waals surface area contributed by atoms with Crippen molar-refractivity contribution in [3.63, 3.8) is 0 Å². The molecule has 3 aromatic heterocycles. The van der Waals surface area contributed by atoms with Crippen LogP contribution in [-0.4, -0.2) is 70.2 Å². The van der Waals surface area contributed by atoms with Gasteiger partial charge in [-0.25, -0.2) is 4.98 Å². The quantitative estimate of drug-likeness (QED) is 0.109. The van der Waals surface area contributed by atoms with Gasteiger partial charge in [0.25, 0.3) is 5.91 Å². The number of nitrogens with zero attached hydrogens (tertiary/aromatic N) is 5. The largest absolute Gasteiger partial charge is 0.469 e. The Kier molecular flexibility index (Phi) is 11.1. The van der Waals surface area contributed by atoms with Gasteiger partial charge in [0, 0.05) is 43.3 Å². The van der Waals surface area contributed by atoms with Crippen LogP contribution in [0.25, 0.3) is 34.4 Å². The van der Waals surface area contributed by atoms with Crippen molar-refractivity contribution in [1.82, 2.24) is 25.2 Å². The number of carbonyl (C=O) groups is 2. The Bertz CT molecular complexity index is 2140. The van der Waals surface area contributed by atoms with E-state index in [9.17, 15) is 14.9 Å². The summed E-state index contributed by atoms with van der Waals surface area (Å²) in [6, 6.07) is 16.7. The molecular weight excluding hydrogens is 670 g/mol. The molecule has 4 heterocycles. The fourth-order valence-corrected chi connectivity index (χ4v) is 6.36. The molecule has 0 radical (unpaired) electrons. The highest BCUT2D eigenvalue weighted by molar-refractivity contribution is 6.34. The number of aliphatic hydroxyl groups is 1. The predicted octanol–water partition coefficient (Wildman–Crippen LogP) is 5.62. The smallest absolute Gasteiger partial charge is 0.310 e. The molecule has 0 spiro atoms. The van der Waals surface area contributed by atoms with Gasteiger partial charge in [0.05, 0.1) is 42.5 Å². The van der Waals surface area contributed by atoms with Gasteiger partial charge in [0.1, 0.15) is 17.3 Å². The Balaban J connectivity index is 1.19. The number of pyridine rings is 2. The molecule has 1 fully saturated rings. The second-order valence-corrected chi connectivity index (χ2v) is 12.6. The van der Waals surface area contributed by atoms with E-state index in [1.54, 1.807) is 42.7 Å². The SMILES string of the molecule is COC(=O)C1CCN(Cc2nc3cc(/C=C/c4nccc(-c5cccc(NC(=O)c6ccc(CNCCO)cn6)c5C)c4C#N)cc(Cl)c3o2)C1. The Morgan fingerprint density at radius 1 is 1.18 bits per heavy atom. The third-order valence-corrected chi connectivity index (χ3v) is 9.03. The molecule has 6 rings (SSSR count). The van der Waals surface area contributed by atoms with Crippen LogP contribution in [0.2, 0.25) is 5.02 Å². The zero-order valence-electron chi connectivity index (χ0n) is 28.1. The second-order valence-electron chi connectivity index (χ2n) is 12.2. The highest BCUT2D eigenvalue weighted by atomic mass is 35.5. The Hall–Kier alpha value is -5.45. The first kappa shape index (κ1) is 35.4. The minimum Gasteiger partial charge on any atom is -0.469 e. The molecule has 1 saturated heterocycles. The van der Waals surface area contributed by atoms with Crippen LogP contribution in [-0.2, 0) is 22.6 Å². The van der Waals surface area contributed by atoms with E-state index in [2.05, 4.69) is 36.6 Å². The summed E-state index contributed by atoms with van der Waals surface area (Å²) in [5.74, 6) is -0.215. The van der Waals surface area contributed by atoms with Gasteiger partial charge in [-0.3, -0.25) is 24.5 Å². The molecule has 2 aromatic carbocycles. The molecule has 51 heavy (non-hydrogen) atoms. The number of halogens is 1. The number of methoxy groups -OCH3 is 1. The molecule has 0 bridgehead atoms. The second kappa shape index (κ2) is 16.1. The summed E-state index contributed by atoms with van der Waals surface area (Å²) in [6.45, 7) is 4.70. The fourth-order valence-electron chi connectivity index (χ4n) is 6.09. The molecule has 260 valence electrons. The standard InChI is InChI=1S/C38H36ClN7O5/c1-23-27(4-3-5-31(23)45-37(48)33-9-7-25(20-43-33)19-41-13-15-47)28-10-12-42-32(29(28)18-40)8-6-24-16-30(39)36-34(17-24)44-35(51-36)22-46-14-11-26(21-46)38(49)50-2/h3-10,12,16-17,20,26,41,47H,11,13-15,19,21-22H2,1-2H3,(H,45,48)/b8-6+. The molecule has 12 nitrogen and oxygen atoms in total. The number of carbonyl (C=O) groups excluding carboxylic acids is 2. The van der Waals surface area contributed by atoms with Crippen LogP contribution in [0.5, 0.6) is 0 Å². The van der Waals surface area contributed by atoms with E-state index >= 15 is 0 Å². The van der Waals surface area contributed by atoms with Gasteiger partial charge in [-0.05, 0) is 78.6 Å². The molecule has 0 aliphatic carbocycles. The number of amides is 1. The van der Waals surface area contributed by atoms with E-state index in [0.29, 0.717) is 70.7 Å². The highest BCUT2D eigenvalue weighted by Gasteiger charge is 2.30. The minimum atomic E-state index is -0.359. The number of oxazole rings is 1. The monoisotopic (exact) mass is 705 g/mol. The molecule has 3 N–H and O–H groups in total. The van der Waals surface area contributed by atoms with Crippen LogP contribution in [0.15, 0.2) is 65.3 Å². The first-order valence-electron chi connectivity index (χ1n) is 16.4. The lowest BCUT2D eigenvalue weighted by Gasteiger charge is -2.14. The molecule has 1 aliphatic rings. The summed E-state index contributed by atoms with van der Waals surface area (Å²) in [7, 11) is 1.40. The Morgan fingerprint density at radius 2 is 2.04 bits per heavy atom. The number of aromatic nitrogens is 3. The van der Waals surface area contributed by atoms with Crippen LogP contribution in [0.1, 0.15) is 50.7 Å². The lowest BCUT2D eigenvalue weighted by molar-refractivity contribution is -0.144. The number of fused-ring (bicyclic) bond motifs is 1. The molecule has 13 heteroatoms. The first-order chi connectivity index (χ1) is 24.8. The molecule has 5 aromatic rings. The number of aliphatic hydroxyl groups excluding tert-OH is 1. The van der Waals surface area contributed by atoms with Gasteiger partial charge in [0.2, 0.25) is 5.89 Å². The summed E-state index contributed by atoms with van der Waals surface area (Å²) in [6.07, 6.45) is 7.57. The van der Waals surface area contributed by atoms with Crippen molar-refractivity contribution in [2.45, 2.75) is 26.4 Å². The van der Waals surface area contributed by atoms with E-state index in [-0.39, 0.29) is 30.1 Å². The maximum Gasteiger partial charge on any atom is 0.310 e. The summed E-state index contributed by atoms with van der Waals surface area (Å²) < 4.78 is 10.9. The first-order valence-corrected chi connectivity index (χ1v) is 16.8. The number of likely N-dealkylation sites (tertiary alicyclic amines) is 1. The topological polar surface area (TPSA) is 166 Å². The van der Waals surface area contributed by atoms with Gasteiger partial charge in [-0.2, -0.15) is 5.26 Å². The number of benzene rings is 2. The average molecular weight is 706 g/mol. The van der Waals surface area contributed by atoms with Gasteiger partial charge >= 0.3 is 5.97 Å². The van der Waals surface area contributed by atoms with Crippen LogP contribution in [0.4, 0.5) is 5.69 Å². The molecule has 1 amide bonds. The van der Waals surface area contributed by atoms with E-state index in [1.807, 2.05) is 37.3 Å². The molecule has 0 saturated carbocycles. The van der Waals surface area contributed by atoms with Crippen molar-refractivity contribution in [2.24, 2.45) is 5.92 Å². The van der Waals surface area contributed by atoms with Crippen LogP contribution >= 0.6 is 11.6 Å². The highest BCUT2D eigenvalue weighted by Crippen LogP contribution is 2.33. The van der Waals surface area contributed by atoms with E-state index < -0.39 is 0 Å². The van der Waals surface area contributed by atoms with Gasteiger partial charge < -0.3 is 24.9 Å². The molecule has 1 atom stereocenters. The van der Waals surface area contributed by atoms with Gasteiger partial charge in [-0.15, -0.1) is 0 Å². The zero-order chi connectivity index (χ0) is 35.9. The van der Waals surface area contributed by atoms with Crippen LogP contribution in [0.3, 0.4) is 0 Å². The van der Waals surface area contributed by atoms with E-state index in [4.69, 9.17) is 25.9 Å². The number of anilines is 1. The fraction of sp³-hybridized carbons (Fsp3) is 0.263. The number of esters is 1. The third kappa shape index (κ3) is 8.14. The molecule has 1 unspecified atom stereocenters. The van der Waals surface area contributed by atoms with Crippen molar-refractivity contribution < 1.29 is 23.8 Å².